The number of likely N-dealkylation sites (tertiary alicyclic amines) is 2. The van der Waals surface area contributed by atoms with Gasteiger partial charge in [0.15, 0.2) is 11.5 Å². The van der Waals surface area contributed by atoms with Crippen LogP contribution in [0.15, 0.2) is 35.9 Å². The average molecular weight is 511 g/mol. The molecule has 0 aliphatic carbocycles. The Kier molecular flexibility index (Phi) is 6.84. The lowest BCUT2D eigenvalue weighted by Crippen LogP contribution is -2.37. The molecule has 1 atom stereocenters. The fourth-order valence-electron chi connectivity index (χ4n) is 5.21. The second-order valence-corrected chi connectivity index (χ2v) is 9.04. The summed E-state index contributed by atoms with van der Waals surface area (Å²) in [5, 5.41) is 11.4. The minimum Gasteiger partial charge on any atom is -0.507 e. The summed E-state index contributed by atoms with van der Waals surface area (Å²) in [7, 11) is 4.49. The molecule has 2 saturated heterocycles. The summed E-state index contributed by atoms with van der Waals surface area (Å²) in [5.41, 5.74) is 0.765. The molecule has 2 aromatic carbocycles. The zero-order valence-electron chi connectivity index (χ0n) is 21.1. The van der Waals surface area contributed by atoms with Crippen LogP contribution in [-0.2, 0) is 9.59 Å². The van der Waals surface area contributed by atoms with E-state index in [-0.39, 0.29) is 18.1 Å². The Morgan fingerprint density at radius 3 is 2.46 bits per heavy atom. The second-order valence-electron chi connectivity index (χ2n) is 9.04. The van der Waals surface area contributed by atoms with Crippen LogP contribution in [0, 0.1) is 0 Å². The number of amides is 1. The van der Waals surface area contributed by atoms with E-state index in [0.29, 0.717) is 53.0 Å². The predicted octanol–water partition coefficient (Wildman–Crippen LogP) is 2.96. The lowest BCUT2D eigenvalue weighted by molar-refractivity contribution is -0.140. The van der Waals surface area contributed by atoms with Crippen LogP contribution in [0.5, 0.6) is 28.7 Å². The molecule has 196 valence electrons. The van der Waals surface area contributed by atoms with Gasteiger partial charge >= 0.3 is 0 Å². The smallest absolute Gasteiger partial charge is 0.295 e. The number of carbonyl (C=O) groups excluding carboxylic acids is 2. The first-order chi connectivity index (χ1) is 18.0. The van der Waals surface area contributed by atoms with Crippen molar-refractivity contribution >= 4 is 17.4 Å². The predicted molar refractivity (Wildman–Crippen MR) is 133 cm³/mol. The number of rotatable bonds is 8. The van der Waals surface area contributed by atoms with Crippen molar-refractivity contribution in [3.8, 4) is 28.7 Å². The van der Waals surface area contributed by atoms with Crippen molar-refractivity contribution in [3.63, 3.8) is 0 Å². The monoisotopic (exact) mass is 510 g/mol. The highest BCUT2D eigenvalue weighted by Gasteiger charge is 2.48. The number of ketones is 1. The third kappa shape index (κ3) is 4.31. The number of aliphatic hydroxyl groups excluding tert-OH is 1. The van der Waals surface area contributed by atoms with Gasteiger partial charge < -0.3 is 38.6 Å². The molecule has 1 N–H and O–H groups in total. The number of methoxy groups -OCH3 is 3. The number of hydrogen-bond acceptors (Lipinski definition) is 9. The summed E-state index contributed by atoms with van der Waals surface area (Å²) in [4.78, 5) is 30.6. The van der Waals surface area contributed by atoms with Gasteiger partial charge in [0.25, 0.3) is 11.7 Å². The molecule has 0 aromatic heterocycles. The van der Waals surface area contributed by atoms with Crippen LogP contribution in [-0.4, -0.2) is 80.9 Å². The Hall–Kier alpha value is -3.92. The zero-order valence-corrected chi connectivity index (χ0v) is 21.1. The summed E-state index contributed by atoms with van der Waals surface area (Å²) in [6.45, 7) is 2.76. The van der Waals surface area contributed by atoms with Crippen LogP contribution in [0.25, 0.3) is 5.76 Å². The van der Waals surface area contributed by atoms with Crippen LogP contribution in [0.2, 0.25) is 0 Å². The Morgan fingerprint density at radius 2 is 1.76 bits per heavy atom. The minimum absolute atomic E-state index is 0.0233. The highest BCUT2D eigenvalue weighted by Crippen LogP contribution is 2.54. The SMILES string of the molecule is COc1cccc(C(O)=C2C(=O)C(=O)N(CCN3CCCC3)[C@H]2c2cc(OC)c3c(c2OC)OCO3)c1. The third-order valence-corrected chi connectivity index (χ3v) is 7.05. The van der Waals surface area contributed by atoms with E-state index in [4.69, 9.17) is 23.7 Å². The molecule has 10 heteroatoms. The molecule has 10 nitrogen and oxygen atoms in total. The van der Waals surface area contributed by atoms with Crippen LogP contribution < -0.4 is 23.7 Å². The van der Waals surface area contributed by atoms with E-state index in [1.807, 2.05) is 0 Å². The van der Waals surface area contributed by atoms with Crippen LogP contribution in [0.1, 0.15) is 30.0 Å². The summed E-state index contributed by atoms with van der Waals surface area (Å²) in [6.07, 6.45) is 2.20. The van der Waals surface area contributed by atoms with E-state index < -0.39 is 17.7 Å². The van der Waals surface area contributed by atoms with Gasteiger partial charge in [-0.1, -0.05) is 12.1 Å². The average Bonchev–Trinajstić information content (AvgIpc) is 3.67. The molecule has 0 saturated carbocycles. The quantitative estimate of drug-likeness (QED) is 0.326. The molecule has 3 aliphatic heterocycles. The van der Waals surface area contributed by atoms with Crippen molar-refractivity contribution in [2.45, 2.75) is 18.9 Å². The van der Waals surface area contributed by atoms with Gasteiger partial charge in [-0.3, -0.25) is 9.59 Å². The number of hydrogen-bond donors (Lipinski definition) is 1. The fraction of sp³-hybridized carbons (Fsp3) is 0.407. The molecule has 1 amide bonds. The van der Waals surface area contributed by atoms with E-state index in [1.165, 1.54) is 26.2 Å². The number of ether oxygens (including phenoxy) is 5. The zero-order chi connectivity index (χ0) is 26.1. The highest BCUT2D eigenvalue weighted by molar-refractivity contribution is 6.46. The van der Waals surface area contributed by atoms with Gasteiger partial charge in [0.2, 0.25) is 18.3 Å². The van der Waals surface area contributed by atoms with Crippen molar-refractivity contribution in [2.24, 2.45) is 0 Å². The molecule has 37 heavy (non-hydrogen) atoms. The fourth-order valence-corrected chi connectivity index (χ4v) is 5.21. The minimum atomic E-state index is -0.938. The number of nitrogens with zero attached hydrogens (tertiary/aromatic N) is 2. The largest absolute Gasteiger partial charge is 0.507 e. The molecule has 2 fully saturated rings. The first kappa shape index (κ1) is 24.8. The maximum Gasteiger partial charge on any atom is 0.295 e. The Bertz CT molecular complexity index is 1250. The molecular formula is C27H30N2O8. The van der Waals surface area contributed by atoms with E-state index in [2.05, 4.69) is 4.90 Å². The molecule has 3 heterocycles. The topological polar surface area (TPSA) is 107 Å². The Morgan fingerprint density at radius 1 is 1.00 bits per heavy atom. The van der Waals surface area contributed by atoms with Gasteiger partial charge in [-0.15, -0.1) is 0 Å². The van der Waals surface area contributed by atoms with Crippen molar-refractivity contribution in [3.05, 3.63) is 47.0 Å². The van der Waals surface area contributed by atoms with Gasteiger partial charge in [-0.2, -0.15) is 0 Å². The molecule has 0 unspecified atom stereocenters. The lowest BCUT2D eigenvalue weighted by atomic mass is 9.93. The van der Waals surface area contributed by atoms with Gasteiger partial charge in [-0.25, -0.2) is 0 Å². The van der Waals surface area contributed by atoms with Gasteiger partial charge in [0.1, 0.15) is 11.5 Å². The number of benzene rings is 2. The van der Waals surface area contributed by atoms with E-state index in [1.54, 1.807) is 30.3 Å². The Labute approximate surface area is 214 Å². The van der Waals surface area contributed by atoms with Gasteiger partial charge in [-0.05, 0) is 44.1 Å². The van der Waals surface area contributed by atoms with Crippen LogP contribution in [0.4, 0.5) is 0 Å². The Balaban J connectivity index is 1.68. The first-order valence-corrected chi connectivity index (χ1v) is 12.2. The van der Waals surface area contributed by atoms with E-state index in [9.17, 15) is 14.7 Å². The van der Waals surface area contributed by atoms with Crippen LogP contribution in [0.3, 0.4) is 0 Å². The highest BCUT2D eigenvalue weighted by atomic mass is 16.7. The molecule has 5 rings (SSSR count). The molecule has 2 aromatic rings. The third-order valence-electron chi connectivity index (χ3n) is 7.05. The summed E-state index contributed by atoms with van der Waals surface area (Å²) in [6, 6.07) is 7.44. The van der Waals surface area contributed by atoms with Crippen molar-refractivity contribution in [1.82, 2.24) is 9.80 Å². The molecule has 0 bridgehead atoms. The van der Waals surface area contributed by atoms with E-state index >= 15 is 0 Å². The number of aliphatic hydroxyl groups is 1. The number of fused-ring (bicyclic) bond motifs is 1. The number of carbonyl (C=O) groups is 2. The number of Topliss-reactive ketones (excluding diaryl/α,β-unsaturated/α-hetero) is 1. The summed E-state index contributed by atoms with van der Waals surface area (Å²) in [5.74, 6) is 0.125. The maximum atomic E-state index is 13.5. The van der Waals surface area contributed by atoms with Gasteiger partial charge in [0.05, 0.1) is 32.9 Å². The van der Waals surface area contributed by atoms with Crippen molar-refractivity contribution in [1.29, 1.82) is 0 Å². The first-order valence-electron chi connectivity index (χ1n) is 12.2. The standard InChI is InChI=1S/C27H30N2O8/c1-33-17-8-6-7-16(13-17)22(30)20-21(29(27(32)23(20)31)12-11-28-9-4-5-10-28)18-14-19(34-2)25-26(24(18)35-3)37-15-36-25/h6-8,13-14,21,30H,4-5,9-12,15H2,1-3H3/t21-/m0/s1. The van der Waals surface area contributed by atoms with E-state index in [0.717, 1.165) is 25.9 Å². The van der Waals surface area contributed by atoms with Crippen LogP contribution >= 0.6 is 0 Å². The van der Waals surface area contributed by atoms with Gasteiger partial charge in [0, 0.05) is 24.2 Å². The molecule has 0 spiro atoms. The van der Waals surface area contributed by atoms with Crippen molar-refractivity contribution in [2.75, 3.05) is 54.3 Å². The molecular weight excluding hydrogens is 480 g/mol. The van der Waals surface area contributed by atoms with Crippen molar-refractivity contribution < 1.29 is 38.4 Å². The summed E-state index contributed by atoms with van der Waals surface area (Å²) >= 11 is 0. The molecule has 3 aliphatic rings. The maximum absolute atomic E-state index is 13.5. The normalized spacial score (nSPS) is 20.5. The second kappa shape index (κ2) is 10.2. The summed E-state index contributed by atoms with van der Waals surface area (Å²) < 4.78 is 27.8. The molecule has 0 radical (unpaired) electrons. The lowest BCUT2D eigenvalue weighted by Gasteiger charge is -2.29.